The van der Waals surface area contributed by atoms with Gasteiger partial charge in [0.2, 0.25) is 0 Å². The minimum absolute atomic E-state index is 0.210. The maximum absolute atomic E-state index is 6.12. The van der Waals surface area contributed by atoms with Crippen LogP contribution in [-0.2, 0) is 0 Å². The number of rotatable bonds is 1. The van der Waals surface area contributed by atoms with Crippen molar-refractivity contribution in [2.45, 2.75) is 57.0 Å². The van der Waals surface area contributed by atoms with Crippen LogP contribution in [0.4, 0.5) is 0 Å². The minimum atomic E-state index is 0.210. The quantitative estimate of drug-likeness (QED) is 0.604. The van der Waals surface area contributed by atoms with Gasteiger partial charge in [-0.15, -0.1) is 11.6 Å². The van der Waals surface area contributed by atoms with Crippen LogP contribution in [0, 0.1) is 0 Å². The van der Waals surface area contributed by atoms with E-state index in [0.29, 0.717) is 11.4 Å². The molecular weight excluding hydrogens is 158 g/mol. The first-order valence-electron chi connectivity index (χ1n) is 4.41. The molecule has 0 amide bonds. The lowest BCUT2D eigenvalue weighted by Crippen LogP contribution is -2.45. The number of nitrogens with one attached hydrogen (secondary N) is 1. The molecule has 2 atom stereocenters. The smallest absolute Gasteiger partial charge is 0.0489 e. The SMILES string of the molecule is CC(C)(C)NC1CCCC1Cl. The third kappa shape index (κ3) is 3.00. The van der Waals surface area contributed by atoms with Crippen LogP contribution in [0.1, 0.15) is 40.0 Å². The van der Waals surface area contributed by atoms with Crippen LogP contribution in [0.15, 0.2) is 0 Å². The highest BCUT2D eigenvalue weighted by atomic mass is 35.5. The topological polar surface area (TPSA) is 12.0 Å². The van der Waals surface area contributed by atoms with Crippen LogP contribution in [0.5, 0.6) is 0 Å². The Kier molecular flexibility index (Phi) is 2.82. The molecule has 11 heavy (non-hydrogen) atoms. The summed E-state index contributed by atoms with van der Waals surface area (Å²) in [7, 11) is 0. The zero-order valence-electron chi connectivity index (χ0n) is 7.65. The summed E-state index contributed by atoms with van der Waals surface area (Å²) >= 11 is 6.12. The molecule has 0 aromatic carbocycles. The van der Waals surface area contributed by atoms with Gasteiger partial charge in [0.05, 0.1) is 0 Å². The summed E-state index contributed by atoms with van der Waals surface area (Å²) in [6.45, 7) is 6.57. The zero-order valence-corrected chi connectivity index (χ0v) is 8.41. The van der Waals surface area contributed by atoms with Gasteiger partial charge in [-0.3, -0.25) is 0 Å². The zero-order chi connectivity index (χ0) is 8.48. The first-order valence-corrected chi connectivity index (χ1v) is 4.84. The summed E-state index contributed by atoms with van der Waals surface area (Å²) in [4.78, 5) is 0. The van der Waals surface area contributed by atoms with Crippen molar-refractivity contribution in [2.75, 3.05) is 0 Å². The van der Waals surface area contributed by atoms with E-state index in [1.807, 2.05) is 0 Å². The van der Waals surface area contributed by atoms with Crippen LogP contribution >= 0.6 is 11.6 Å². The molecule has 1 saturated carbocycles. The van der Waals surface area contributed by atoms with Gasteiger partial charge < -0.3 is 5.32 Å². The molecule has 2 unspecified atom stereocenters. The summed E-state index contributed by atoms with van der Waals surface area (Å²) in [5.74, 6) is 0. The Bertz CT molecular complexity index is 128. The molecule has 0 spiro atoms. The molecule has 0 saturated heterocycles. The highest BCUT2D eigenvalue weighted by molar-refractivity contribution is 6.21. The summed E-state index contributed by atoms with van der Waals surface area (Å²) in [5.41, 5.74) is 0.210. The molecule has 0 radical (unpaired) electrons. The van der Waals surface area contributed by atoms with Crippen molar-refractivity contribution in [1.29, 1.82) is 0 Å². The van der Waals surface area contributed by atoms with Crippen molar-refractivity contribution >= 4 is 11.6 Å². The molecular formula is C9H18ClN. The van der Waals surface area contributed by atoms with Gasteiger partial charge in [-0.05, 0) is 33.6 Å². The van der Waals surface area contributed by atoms with Gasteiger partial charge in [-0.1, -0.05) is 6.42 Å². The first kappa shape index (κ1) is 9.34. The predicted molar refractivity (Wildman–Crippen MR) is 50.2 cm³/mol. The van der Waals surface area contributed by atoms with Crippen LogP contribution in [-0.4, -0.2) is 17.0 Å². The highest BCUT2D eigenvalue weighted by Crippen LogP contribution is 2.25. The Labute approximate surface area is 74.5 Å². The Hall–Kier alpha value is 0.250. The molecule has 1 rings (SSSR count). The third-order valence-electron chi connectivity index (χ3n) is 2.05. The molecule has 1 aliphatic carbocycles. The van der Waals surface area contributed by atoms with Crippen LogP contribution in [0.25, 0.3) is 0 Å². The van der Waals surface area contributed by atoms with Crippen molar-refractivity contribution in [2.24, 2.45) is 0 Å². The van der Waals surface area contributed by atoms with E-state index < -0.39 is 0 Å². The Balaban J connectivity index is 2.37. The fourth-order valence-corrected chi connectivity index (χ4v) is 1.98. The fraction of sp³-hybridized carbons (Fsp3) is 1.00. The molecule has 1 fully saturated rings. The highest BCUT2D eigenvalue weighted by Gasteiger charge is 2.27. The molecule has 0 heterocycles. The van der Waals surface area contributed by atoms with Crippen LogP contribution in [0.3, 0.4) is 0 Å². The lowest BCUT2D eigenvalue weighted by Gasteiger charge is -2.27. The van der Waals surface area contributed by atoms with Gasteiger partial charge in [0.1, 0.15) is 0 Å². The number of hydrogen-bond donors (Lipinski definition) is 1. The van der Waals surface area contributed by atoms with E-state index in [1.54, 1.807) is 0 Å². The molecule has 0 aromatic rings. The van der Waals surface area contributed by atoms with E-state index in [1.165, 1.54) is 19.3 Å². The Morgan fingerprint density at radius 1 is 1.27 bits per heavy atom. The number of halogens is 1. The molecule has 1 aliphatic rings. The van der Waals surface area contributed by atoms with E-state index >= 15 is 0 Å². The second-order valence-corrected chi connectivity index (χ2v) is 5.01. The van der Waals surface area contributed by atoms with Crippen LogP contribution in [0.2, 0.25) is 0 Å². The maximum Gasteiger partial charge on any atom is 0.0489 e. The number of hydrogen-bond acceptors (Lipinski definition) is 1. The van der Waals surface area contributed by atoms with Crippen molar-refractivity contribution in [1.82, 2.24) is 5.32 Å². The lowest BCUT2D eigenvalue weighted by molar-refractivity contribution is 0.363. The first-order chi connectivity index (χ1) is 4.99. The largest absolute Gasteiger partial charge is 0.308 e. The monoisotopic (exact) mass is 175 g/mol. The average molecular weight is 176 g/mol. The van der Waals surface area contributed by atoms with Gasteiger partial charge >= 0.3 is 0 Å². The molecule has 0 aromatic heterocycles. The second-order valence-electron chi connectivity index (χ2n) is 4.45. The predicted octanol–water partition coefficient (Wildman–Crippen LogP) is 2.53. The second kappa shape index (κ2) is 3.32. The van der Waals surface area contributed by atoms with Gasteiger partial charge in [0.25, 0.3) is 0 Å². The van der Waals surface area contributed by atoms with Crippen molar-refractivity contribution in [3.63, 3.8) is 0 Å². The molecule has 2 heteroatoms. The summed E-state index contributed by atoms with van der Waals surface area (Å²) in [5, 5.41) is 3.89. The Morgan fingerprint density at radius 3 is 2.27 bits per heavy atom. The van der Waals surface area contributed by atoms with E-state index in [4.69, 9.17) is 11.6 Å². The van der Waals surface area contributed by atoms with Gasteiger partial charge in [-0.25, -0.2) is 0 Å². The molecule has 66 valence electrons. The molecule has 1 N–H and O–H groups in total. The van der Waals surface area contributed by atoms with Gasteiger partial charge in [0, 0.05) is 17.0 Å². The standard InChI is InChI=1S/C9H18ClN/c1-9(2,3)11-8-6-4-5-7(8)10/h7-8,11H,4-6H2,1-3H3. The van der Waals surface area contributed by atoms with Gasteiger partial charge in [0.15, 0.2) is 0 Å². The van der Waals surface area contributed by atoms with E-state index in [-0.39, 0.29) is 5.54 Å². The number of alkyl halides is 1. The van der Waals surface area contributed by atoms with Crippen LogP contribution < -0.4 is 5.32 Å². The van der Waals surface area contributed by atoms with Gasteiger partial charge in [-0.2, -0.15) is 0 Å². The summed E-state index contributed by atoms with van der Waals surface area (Å²) in [6, 6.07) is 0.539. The summed E-state index contributed by atoms with van der Waals surface area (Å²) < 4.78 is 0. The van der Waals surface area contributed by atoms with Crippen molar-refractivity contribution < 1.29 is 0 Å². The third-order valence-corrected chi connectivity index (χ3v) is 2.57. The maximum atomic E-state index is 6.12. The van der Waals surface area contributed by atoms with Crippen molar-refractivity contribution in [3.8, 4) is 0 Å². The average Bonchev–Trinajstić information content (AvgIpc) is 2.12. The normalized spacial score (nSPS) is 32.7. The fourth-order valence-electron chi connectivity index (χ4n) is 1.63. The van der Waals surface area contributed by atoms with E-state index in [2.05, 4.69) is 26.1 Å². The van der Waals surface area contributed by atoms with E-state index in [0.717, 1.165) is 0 Å². The molecule has 1 nitrogen and oxygen atoms in total. The van der Waals surface area contributed by atoms with Crippen molar-refractivity contribution in [3.05, 3.63) is 0 Å². The Morgan fingerprint density at radius 2 is 1.91 bits per heavy atom. The summed E-state index contributed by atoms with van der Waals surface area (Å²) in [6.07, 6.45) is 3.70. The molecule has 0 aliphatic heterocycles. The minimum Gasteiger partial charge on any atom is -0.308 e. The van der Waals surface area contributed by atoms with E-state index in [9.17, 15) is 0 Å². The lowest BCUT2D eigenvalue weighted by atomic mass is 10.1. The molecule has 0 bridgehead atoms.